The second-order valence-corrected chi connectivity index (χ2v) is 2.72. The summed E-state index contributed by atoms with van der Waals surface area (Å²) in [5.41, 5.74) is 0.831. The number of hydrogen-bond acceptors (Lipinski definition) is 2. The van der Waals surface area contributed by atoms with Gasteiger partial charge in [-0.25, -0.2) is 4.39 Å². The van der Waals surface area contributed by atoms with Gasteiger partial charge in [0.2, 0.25) is 0 Å². The smallest absolute Gasteiger partial charge is 0.150 e. The molecule has 0 aliphatic rings. The second-order valence-electron chi connectivity index (χ2n) is 2.34. The summed E-state index contributed by atoms with van der Waals surface area (Å²) in [7, 11) is 0. The molecule has 0 aliphatic heterocycles. The Labute approximate surface area is 74.3 Å². The molecular weight excluding hydrogens is 181 g/mol. The molecule has 1 aromatic rings. The van der Waals surface area contributed by atoms with Gasteiger partial charge in [-0.2, -0.15) is 0 Å². The first-order valence-electron chi connectivity index (χ1n) is 3.29. The fourth-order valence-corrected chi connectivity index (χ4v) is 0.995. The van der Waals surface area contributed by atoms with Gasteiger partial charge in [0.05, 0.1) is 11.2 Å². The Balaban J connectivity index is 3.26. The monoisotopic (exact) mass is 187 g/mol. The lowest BCUT2D eigenvalue weighted by Gasteiger charge is -2.00. The summed E-state index contributed by atoms with van der Waals surface area (Å²) in [6.45, 7) is 1.70. The number of halogens is 2. The normalized spacial score (nSPS) is 10.9. The molecule has 0 amide bonds. The summed E-state index contributed by atoms with van der Waals surface area (Å²) in [4.78, 5) is 0. The minimum atomic E-state index is -0.561. The topological polar surface area (TPSA) is 32.6 Å². The van der Waals surface area contributed by atoms with E-state index in [1.54, 1.807) is 13.0 Å². The van der Waals surface area contributed by atoms with Crippen LogP contribution in [0.3, 0.4) is 0 Å². The predicted octanol–water partition coefficient (Wildman–Crippen LogP) is 2.60. The summed E-state index contributed by atoms with van der Waals surface area (Å²) in [5.74, 6) is -0.561. The van der Waals surface area contributed by atoms with Crippen LogP contribution in [0.15, 0.2) is 17.3 Å². The van der Waals surface area contributed by atoms with Gasteiger partial charge < -0.3 is 5.21 Å². The Kier molecular flexibility index (Phi) is 2.65. The molecule has 0 unspecified atom stereocenters. The van der Waals surface area contributed by atoms with Crippen LogP contribution in [0.25, 0.3) is 0 Å². The average Bonchev–Trinajstić information content (AvgIpc) is 2.07. The lowest BCUT2D eigenvalue weighted by Crippen LogP contribution is -1.91. The first-order valence-corrected chi connectivity index (χ1v) is 3.66. The number of rotatable bonds is 1. The van der Waals surface area contributed by atoms with E-state index in [0.717, 1.165) is 6.21 Å². The maximum absolute atomic E-state index is 13.1. The molecule has 0 spiro atoms. The molecule has 1 aromatic carbocycles. The number of benzene rings is 1. The highest BCUT2D eigenvalue weighted by atomic mass is 35.5. The molecule has 1 rings (SSSR count). The van der Waals surface area contributed by atoms with Crippen LogP contribution in [-0.4, -0.2) is 11.4 Å². The van der Waals surface area contributed by atoms with Crippen molar-refractivity contribution < 1.29 is 9.60 Å². The van der Waals surface area contributed by atoms with Crippen molar-refractivity contribution in [3.05, 3.63) is 34.1 Å². The van der Waals surface area contributed by atoms with Crippen LogP contribution in [0.2, 0.25) is 5.02 Å². The molecule has 0 heterocycles. The zero-order chi connectivity index (χ0) is 9.14. The van der Waals surface area contributed by atoms with Crippen LogP contribution in [0.4, 0.5) is 4.39 Å². The summed E-state index contributed by atoms with van der Waals surface area (Å²) in [5, 5.41) is 10.9. The molecule has 0 aromatic heterocycles. The van der Waals surface area contributed by atoms with Crippen molar-refractivity contribution in [1.82, 2.24) is 0 Å². The molecule has 0 saturated carbocycles. The zero-order valence-electron chi connectivity index (χ0n) is 6.38. The summed E-state index contributed by atoms with van der Waals surface area (Å²) in [6, 6.07) is 3.15. The van der Waals surface area contributed by atoms with E-state index in [9.17, 15) is 4.39 Å². The van der Waals surface area contributed by atoms with E-state index in [-0.39, 0.29) is 10.6 Å². The third kappa shape index (κ3) is 1.56. The van der Waals surface area contributed by atoms with E-state index < -0.39 is 5.82 Å². The number of aryl methyl sites for hydroxylation is 1. The molecule has 12 heavy (non-hydrogen) atoms. The molecule has 2 nitrogen and oxygen atoms in total. The van der Waals surface area contributed by atoms with E-state index in [4.69, 9.17) is 16.8 Å². The third-order valence-corrected chi connectivity index (χ3v) is 1.97. The van der Waals surface area contributed by atoms with Gasteiger partial charge in [0, 0.05) is 5.56 Å². The SMILES string of the molecule is Cc1ccc(/C=N/O)c(F)c1Cl. The summed E-state index contributed by atoms with van der Waals surface area (Å²) in [6.07, 6.45) is 1.00. The molecule has 0 aliphatic carbocycles. The maximum atomic E-state index is 13.1. The van der Waals surface area contributed by atoms with Gasteiger partial charge in [-0.3, -0.25) is 0 Å². The second kappa shape index (κ2) is 3.54. The Bertz CT molecular complexity index is 325. The lowest BCUT2D eigenvalue weighted by atomic mass is 10.1. The molecule has 0 saturated heterocycles. The van der Waals surface area contributed by atoms with Gasteiger partial charge in [-0.1, -0.05) is 22.8 Å². The Hall–Kier alpha value is -1.09. The third-order valence-electron chi connectivity index (χ3n) is 1.50. The van der Waals surface area contributed by atoms with E-state index in [2.05, 4.69) is 5.16 Å². The molecule has 0 radical (unpaired) electrons. The van der Waals surface area contributed by atoms with E-state index in [1.807, 2.05) is 0 Å². The summed E-state index contributed by atoms with van der Waals surface area (Å²) < 4.78 is 13.1. The van der Waals surface area contributed by atoms with E-state index in [1.165, 1.54) is 6.07 Å². The molecule has 0 fully saturated rings. The minimum absolute atomic E-state index is 0.0624. The first-order chi connectivity index (χ1) is 5.66. The van der Waals surface area contributed by atoms with Crippen molar-refractivity contribution in [3.63, 3.8) is 0 Å². The molecule has 0 atom stereocenters. The van der Waals surface area contributed by atoms with Crippen LogP contribution in [0.1, 0.15) is 11.1 Å². The van der Waals surface area contributed by atoms with Crippen molar-refractivity contribution >= 4 is 17.8 Å². The molecule has 0 bridgehead atoms. The lowest BCUT2D eigenvalue weighted by molar-refractivity contribution is 0.321. The Morgan fingerprint density at radius 1 is 1.58 bits per heavy atom. The Morgan fingerprint density at radius 2 is 2.25 bits per heavy atom. The number of hydrogen-bond donors (Lipinski definition) is 1. The molecule has 64 valence electrons. The summed E-state index contributed by atoms with van der Waals surface area (Å²) >= 11 is 5.60. The highest BCUT2D eigenvalue weighted by Crippen LogP contribution is 2.21. The van der Waals surface area contributed by atoms with E-state index in [0.29, 0.717) is 5.56 Å². The minimum Gasteiger partial charge on any atom is -0.411 e. The van der Waals surface area contributed by atoms with E-state index >= 15 is 0 Å². The van der Waals surface area contributed by atoms with Gasteiger partial charge in [0.1, 0.15) is 0 Å². The highest BCUT2D eigenvalue weighted by Gasteiger charge is 2.06. The number of nitrogens with zero attached hydrogens (tertiary/aromatic N) is 1. The fourth-order valence-electron chi connectivity index (χ4n) is 0.823. The van der Waals surface area contributed by atoms with Gasteiger partial charge in [0.15, 0.2) is 5.82 Å². The van der Waals surface area contributed by atoms with Crippen molar-refractivity contribution in [2.75, 3.05) is 0 Å². The molecular formula is C8H7ClFNO. The Morgan fingerprint density at radius 3 is 2.83 bits per heavy atom. The largest absolute Gasteiger partial charge is 0.411 e. The van der Waals surface area contributed by atoms with Crippen LogP contribution in [-0.2, 0) is 0 Å². The van der Waals surface area contributed by atoms with Gasteiger partial charge >= 0.3 is 0 Å². The average molecular weight is 188 g/mol. The zero-order valence-corrected chi connectivity index (χ0v) is 7.14. The van der Waals surface area contributed by atoms with Crippen LogP contribution in [0, 0.1) is 12.7 Å². The van der Waals surface area contributed by atoms with Crippen molar-refractivity contribution in [1.29, 1.82) is 0 Å². The van der Waals surface area contributed by atoms with Crippen LogP contribution in [0.5, 0.6) is 0 Å². The highest BCUT2D eigenvalue weighted by molar-refractivity contribution is 6.31. The first kappa shape index (κ1) is 9.00. The predicted molar refractivity (Wildman–Crippen MR) is 45.5 cm³/mol. The van der Waals surface area contributed by atoms with Crippen molar-refractivity contribution in [2.24, 2.45) is 5.16 Å². The maximum Gasteiger partial charge on any atom is 0.150 e. The molecule has 1 N–H and O–H groups in total. The van der Waals surface area contributed by atoms with Crippen molar-refractivity contribution in [3.8, 4) is 0 Å². The van der Waals surface area contributed by atoms with Crippen LogP contribution < -0.4 is 0 Å². The fraction of sp³-hybridized carbons (Fsp3) is 0.125. The van der Waals surface area contributed by atoms with Gasteiger partial charge in [-0.05, 0) is 18.6 Å². The van der Waals surface area contributed by atoms with Gasteiger partial charge in [0.25, 0.3) is 0 Å². The molecule has 4 heteroatoms. The van der Waals surface area contributed by atoms with Gasteiger partial charge in [-0.15, -0.1) is 0 Å². The van der Waals surface area contributed by atoms with Crippen molar-refractivity contribution in [2.45, 2.75) is 6.92 Å². The quantitative estimate of drug-likeness (QED) is 0.409. The van der Waals surface area contributed by atoms with Crippen LogP contribution >= 0.6 is 11.6 Å². The standard InChI is InChI=1S/C8H7ClFNO/c1-5-2-3-6(4-11-12)8(10)7(5)9/h2-4,12H,1H3/b11-4+. The number of oxime groups is 1.